The molecule has 1 aromatic rings. The maximum absolute atomic E-state index is 13.3. The molecule has 5 heteroatoms. The third-order valence-corrected chi connectivity index (χ3v) is 3.62. The first kappa shape index (κ1) is 13.5. The fourth-order valence-electron chi connectivity index (χ4n) is 2.58. The molecule has 2 atom stereocenters. The summed E-state index contributed by atoms with van der Waals surface area (Å²) in [7, 11) is 0. The van der Waals surface area contributed by atoms with Gasteiger partial charge in [0, 0.05) is 18.2 Å². The Hall–Kier alpha value is -1.91. The Bertz CT molecular complexity index is 509. The molecule has 2 rings (SSSR count). The Morgan fingerprint density at radius 1 is 1.37 bits per heavy atom. The molecule has 1 N–H and O–H groups in total. The molecule has 1 aliphatic rings. The molecule has 1 heterocycles. The maximum Gasteiger partial charge on any atom is 0.308 e. The van der Waals surface area contributed by atoms with Crippen LogP contribution in [0, 0.1) is 18.7 Å². The van der Waals surface area contributed by atoms with Crippen LogP contribution in [0.15, 0.2) is 18.2 Å². The topological polar surface area (TPSA) is 57.6 Å². The third kappa shape index (κ3) is 2.59. The largest absolute Gasteiger partial charge is 0.481 e. The Morgan fingerprint density at radius 3 is 2.58 bits per heavy atom. The van der Waals surface area contributed by atoms with Crippen molar-refractivity contribution in [2.24, 2.45) is 5.92 Å². The highest BCUT2D eigenvalue weighted by atomic mass is 19.1. The molecule has 2 unspecified atom stereocenters. The second-order valence-corrected chi connectivity index (χ2v) is 4.99. The molecule has 0 saturated carbocycles. The van der Waals surface area contributed by atoms with Crippen LogP contribution in [0.1, 0.15) is 29.3 Å². The summed E-state index contributed by atoms with van der Waals surface area (Å²) in [4.78, 5) is 24.8. The quantitative estimate of drug-likeness (QED) is 0.890. The number of rotatable bonds is 2. The van der Waals surface area contributed by atoms with E-state index in [4.69, 9.17) is 5.11 Å². The molecule has 0 aromatic heterocycles. The van der Waals surface area contributed by atoms with Crippen molar-refractivity contribution < 1.29 is 19.1 Å². The van der Waals surface area contributed by atoms with Crippen molar-refractivity contribution in [2.45, 2.75) is 26.3 Å². The summed E-state index contributed by atoms with van der Waals surface area (Å²) in [5, 5.41) is 9.04. The van der Waals surface area contributed by atoms with Crippen LogP contribution >= 0.6 is 0 Å². The highest BCUT2D eigenvalue weighted by Crippen LogP contribution is 2.26. The van der Waals surface area contributed by atoms with E-state index in [1.807, 2.05) is 0 Å². The number of aliphatic carboxylic acids is 1. The van der Waals surface area contributed by atoms with Gasteiger partial charge >= 0.3 is 5.97 Å². The molecule has 4 nitrogen and oxygen atoms in total. The Labute approximate surface area is 110 Å². The van der Waals surface area contributed by atoms with Gasteiger partial charge in [0.15, 0.2) is 0 Å². The zero-order valence-electron chi connectivity index (χ0n) is 10.9. The van der Waals surface area contributed by atoms with Gasteiger partial charge in [0.2, 0.25) is 0 Å². The second-order valence-electron chi connectivity index (χ2n) is 4.99. The van der Waals surface area contributed by atoms with E-state index in [0.717, 1.165) is 0 Å². The van der Waals surface area contributed by atoms with Crippen molar-refractivity contribution in [3.05, 3.63) is 35.1 Å². The van der Waals surface area contributed by atoms with E-state index in [1.54, 1.807) is 19.9 Å². The molecule has 0 radical (unpaired) electrons. The standard InChI is InChI=1S/C14H16FNO3/c1-8-5-10(7-11(15)6-8)13(17)16-4-3-12(9(16)2)14(18)19/h5-7,9,12H,3-4H2,1-2H3,(H,18,19). The minimum absolute atomic E-state index is 0.274. The lowest BCUT2D eigenvalue weighted by Crippen LogP contribution is -2.37. The minimum Gasteiger partial charge on any atom is -0.481 e. The van der Waals surface area contributed by atoms with Crippen LogP contribution < -0.4 is 0 Å². The van der Waals surface area contributed by atoms with E-state index >= 15 is 0 Å². The number of likely N-dealkylation sites (tertiary alicyclic amines) is 1. The van der Waals surface area contributed by atoms with Gasteiger partial charge in [-0.3, -0.25) is 9.59 Å². The SMILES string of the molecule is Cc1cc(F)cc(C(=O)N2CCC(C(=O)O)C2C)c1. The van der Waals surface area contributed by atoms with Crippen molar-refractivity contribution in [3.63, 3.8) is 0 Å². The smallest absolute Gasteiger partial charge is 0.308 e. The summed E-state index contributed by atoms with van der Waals surface area (Å²) in [6.07, 6.45) is 0.441. The van der Waals surface area contributed by atoms with Crippen LogP contribution in [0.25, 0.3) is 0 Å². The fraction of sp³-hybridized carbons (Fsp3) is 0.429. The van der Waals surface area contributed by atoms with E-state index in [0.29, 0.717) is 18.5 Å². The summed E-state index contributed by atoms with van der Waals surface area (Å²) in [5.41, 5.74) is 0.945. The van der Waals surface area contributed by atoms with Gasteiger partial charge in [0.25, 0.3) is 5.91 Å². The average Bonchev–Trinajstić information content (AvgIpc) is 2.69. The van der Waals surface area contributed by atoms with E-state index < -0.39 is 17.7 Å². The lowest BCUT2D eigenvalue weighted by Gasteiger charge is -2.23. The van der Waals surface area contributed by atoms with Gasteiger partial charge in [0.1, 0.15) is 5.82 Å². The normalized spacial score (nSPS) is 22.6. The lowest BCUT2D eigenvalue weighted by atomic mass is 10.0. The molecule has 0 bridgehead atoms. The number of amides is 1. The van der Waals surface area contributed by atoms with Gasteiger partial charge in [0.05, 0.1) is 5.92 Å². The second kappa shape index (κ2) is 4.99. The lowest BCUT2D eigenvalue weighted by molar-refractivity contribution is -0.142. The van der Waals surface area contributed by atoms with Crippen molar-refractivity contribution in [1.82, 2.24) is 4.90 Å². The molecule has 0 spiro atoms. The molecular weight excluding hydrogens is 249 g/mol. The number of halogens is 1. The Kier molecular flexibility index (Phi) is 3.55. The molecule has 1 aromatic carbocycles. The summed E-state index contributed by atoms with van der Waals surface area (Å²) in [6, 6.07) is 3.79. The summed E-state index contributed by atoms with van der Waals surface area (Å²) in [5.74, 6) is -2.19. The van der Waals surface area contributed by atoms with Gasteiger partial charge < -0.3 is 10.0 Å². The fourth-order valence-corrected chi connectivity index (χ4v) is 2.58. The van der Waals surface area contributed by atoms with Gasteiger partial charge in [-0.15, -0.1) is 0 Å². The monoisotopic (exact) mass is 265 g/mol. The molecule has 0 aliphatic carbocycles. The molecule has 102 valence electrons. The number of nitrogens with zero attached hydrogens (tertiary/aromatic N) is 1. The third-order valence-electron chi connectivity index (χ3n) is 3.62. The van der Waals surface area contributed by atoms with Crippen molar-refractivity contribution in [3.8, 4) is 0 Å². The van der Waals surface area contributed by atoms with E-state index in [-0.39, 0.29) is 17.5 Å². The predicted octanol–water partition coefficient (Wildman–Crippen LogP) is 2.07. The highest BCUT2D eigenvalue weighted by Gasteiger charge is 2.38. The molecule has 1 amide bonds. The van der Waals surface area contributed by atoms with Crippen molar-refractivity contribution in [2.75, 3.05) is 6.54 Å². The number of carbonyl (C=O) groups is 2. The van der Waals surface area contributed by atoms with E-state index in [9.17, 15) is 14.0 Å². The van der Waals surface area contributed by atoms with Crippen LogP contribution in [0.3, 0.4) is 0 Å². The van der Waals surface area contributed by atoms with Crippen LogP contribution in [0.4, 0.5) is 4.39 Å². The van der Waals surface area contributed by atoms with Gasteiger partial charge in [-0.25, -0.2) is 4.39 Å². The Balaban J connectivity index is 2.23. The molecule has 19 heavy (non-hydrogen) atoms. The average molecular weight is 265 g/mol. The van der Waals surface area contributed by atoms with Crippen molar-refractivity contribution >= 4 is 11.9 Å². The van der Waals surface area contributed by atoms with Crippen LogP contribution in [0.2, 0.25) is 0 Å². The molecular formula is C14H16FNO3. The number of hydrogen-bond donors (Lipinski definition) is 1. The number of carbonyl (C=O) groups excluding carboxylic acids is 1. The number of hydrogen-bond acceptors (Lipinski definition) is 2. The highest BCUT2D eigenvalue weighted by molar-refractivity contribution is 5.95. The Morgan fingerprint density at radius 2 is 2.05 bits per heavy atom. The van der Waals surface area contributed by atoms with Crippen LogP contribution in [-0.4, -0.2) is 34.5 Å². The number of carboxylic acids is 1. The van der Waals surface area contributed by atoms with E-state index in [1.165, 1.54) is 17.0 Å². The molecule has 1 aliphatic heterocycles. The van der Waals surface area contributed by atoms with Crippen LogP contribution in [0.5, 0.6) is 0 Å². The molecule has 1 fully saturated rings. The van der Waals surface area contributed by atoms with Gasteiger partial charge in [-0.05, 0) is 44.0 Å². The number of carboxylic acid groups (broad SMARTS) is 1. The van der Waals surface area contributed by atoms with Crippen LogP contribution in [-0.2, 0) is 4.79 Å². The molecule has 1 saturated heterocycles. The predicted molar refractivity (Wildman–Crippen MR) is 67.4 cm³/mol. The van der Waals surface area contributed by atoms with E-state index in [2.05, 4.69) is 0 Å². The summed E-state index contributed by atoms with van der Waals surface area (Å²) in [6.45, 7) is 3.83. The zero-order valence-corrected chi connectivity index (χ0v) is 10.9. The number of aryl methyl sites for hydroxylation is 1. The van der Waals surface area contributed by atoms with Gasteiger partial charge in [-0.2, -0.15) is 0 Å². The first-order valence-corrected chi connectivity index (χ1v) is 6.21. The maximum atomic E-state index is 13.3. The number of benzene rings is 1. The summed E-state index contributed by atoms with van der Waals surface area (Å²) >= 11 is 0. The first-order chi connectivity index (χ1) is 8.90. The minimum atomic E-state index is -0.891. The van der Waals surface area contributed by atoms with Crippen molar-refractivity contribution in [1.29, 1.82) is 0 Å². The summed E-state index contributed by atoms with van der Waals surface area (Å²) < 4.78 is 13.3. The zero-order chi connectivity index (χ0) is 14.2. The first-order valence-electron chi connectivity index (χ1n) is 6.21. The van der Waals surface area contributed by atoms with Gasteiger partial charge in [-0.1, -0.05) is 0 Å².